The molecular formula is C28H26N4O4S. The van der Waals surface area contributed by atoms with Crippen LogP contribution in [0.4, 0.5) is 11.4 Å². The summed E-state index contributed by atoms with van der Waals surface area (Å²) in [6.07, 6.45) is 3.33. The first kappa shape index (κ1) is 23.4. The standard InChI is InChI=1S/C28H26N4O4S/c1-34-27-8-5-18(16-31-27)15-30-19-6-7-22-25(13-19)37-24-4-2-3-21(28(24)36-22)23-17-32(11-12-35-23)20-9-10-29-26(33)14-20/h2-10,13-14,16,23,30H,11-12,15,17H2,1H3,(H,29,33). The van der Waals surface area contributed by atoms with Gasteiger partial charge in [0, 0.05) is 61.1 Å². The van der Waals surface area contributed by atoms with Gasteiger partial charge in [0.25, 0.3) is 0 Å². The molecule has 0 aliphatic carbocycles. The van der Waals surface area contributed by atoms with Crippen LogP contribution in [-0.4, -0.2) is 36.8 Å². The molecule has 4 heterocycles. The quantitative estimate of drug-likeness (QED) is 0.319. The molecule has 1 saturated heterocycles. The van der Waals surface area contributed by atoms with Crippen LogP contribution in [0.3, 0.4) is 0 Å². The Morgan fingerprint density at radius 3 is 2.95 bits per heavy atom. The Morgan fingerprint density at radius 2 is 2.11 bits per heavy atom. The maximum atomic E-state index is 11.8. The molecule has 2 aliphatic heterocycles. The molecule has 0 saturated carbocycles. The minimum Gasteiger partial charge on any atom is -0.481 e. The third-order valence-electron chi connectivity index (χ3n) is 6.43. The molecule has 37 heavy (non-hydrogen) atoms. The summed E-state index contributed by atoms with van der Waals surface area (Å²) in [6, 6.07) is 19.7. The number of para-hydroxylation sites is 1. The van der Waals surface area contributed by atoms with Crippen molar-refractivity contribution in [3.63, 3.8) is 0 Å². The van der Waals surface area contributed by atoms with E-state index < -0.39 is 0 Å². The Balaban J connectivity index is 1.18. The molecule has 0 spiro atoms. The number of nitrogens with zero attached hydrogens (tertiary/aromatic N) is 2. The molecule has 0 bridgehead atoms. The van der Waals surface area contributed by atoms with E-state index >= 15 is 0 Å². The van der Waals surface area contributed by atoms with Crippen LogP contribution in [0.25, 0.3) is 0 Å². The van der Waals surface area contributed by atoms with Gasteiger partial charge in [-0.15, -0.1) is 0 Å². The van der Waals surface area contributed by atoms with Crippen molar-refractivity contribution in [3.05, 3.63) is 94.5 Å². The highest BCUT2D eigenvalue weighted by molar-refractivity contribution is 7.99. The fraction of sp³-hybridized carbons (Fsp3) is 0.214. The summed E-state index contributed by atoms with van der Waals surface area (Å²) in [7, 11) is 1.61. The monoisotopic (exact) mass is 514 g/mol. The van der Waals surface area contributed by atoms with Crippen molar-refractivity contribution < 1.29 is 14.2 Å². The molecule has 2 aliphatic rings. The molecule has 8 nitrogen and oxygen atoms in total. The van der Waals surface area contributed by atoms with Crippen LogP contribution in [-0.2, 0) is 11.3 Å². The molecule has 0 radical (unpaired) electrons. The second-order valence-electron chi connectivity index (χ2n) is 8.82. The van der Waals surface area contributed by atoms with Gasteiger partial charge in [-0.3, -0.25) is 4.79 Å². The molecule has 9 heteroatoms. The van der Waals surface area contributed by atoms with E-state index in [2.05, 4.69) is 38.4 Å². The smallest absolute Gasteiger partial charge is 0.249 e. The Labute approximate surface area is 218 Å². The van der Waals surface area contributed by atoms with Crippen LogP contribution in [0.15, 0.2) is 87.6 Å². The molecule has 0 amide bonds. The molecule has 6 rings (SSSR count). The number of aromatic nitrogens is 2. The zero-order chi connectivity index (χ0) is 25.2. The predicted molar refractivity (Wildman–Crippen MR) is 143 cm³/mol. The van der Waals surface area contributed by atoms with Gasteiger partial charge >= 0.3 is 0 Å². The molecule has 1 fully saturated rings. The van der Waals surface area contributed by atoms with Crippen LogP contribution in [0.5, 0.6) is 17.4 Å². The average molecular weight is 515 g/mol. The number of hydrogen-bond donors (Lipinski definition) is 2. The van der Waals surface area contributed by atoms with Crippen LogP contribution in [0.1, 0.15) is 17.2 Å². The van der Waals surface area contributed by atoms with Gasteiger partial charge in [-0.25, -0.2) is 4.98 Å². The molecule has 2 N–H and O–H groups in total. The summed E-state index contributed by atoms with van der Waals surface area (Å²) in [5, 5.41) is 3.46. The summed E-state index contributed by atoms with van der Waals surface area (Å²) in [4.78, 5) is 23.0. The number of methoxy groups -OCH3 is 1. The highest BCUT2D eigenvalue weighted by Gasteiger charge is 2.29. The first-order chi connectivity index (χ1) is 18.2. The maximum absolute atomic E-state index is 11.8. The number of fused-ring (bicyclic) bond motifs is 2. The van der Waals surface area contributed by atoms with Crippen molar-refractivity contribution >= 4 is 23.1 Å². The van der Waals surface area contributed by atoms with Crippen LogP contribution in [0.2, 0.25) is 0 Å². The van der Waals surface area contributed by atoms with Gasteiger partial charge in [0.1, 0.15) is 17.6 Å². The van der Waals surface area contributed by atoms with E-state index in [1.54, 1.807) is 31.1 Å². The van der Waals surface area contributed by atoms with E-state index in [1.807, 2.05) is 42.6 Å². The van der Waals surface area contributed by atoms with E-state index in [1.165, 1.54) is 0 Å². The minimum atomic E-state index is -0.163. The highest BCUT2D eigenvalue weighted by atomic mass is 32.2. The van der Waals surface area contributed by atoms with E-state index in [4.69, 9.17) is 14.2 Å². The second-order valence-corrected chi connectivity index (χ2v) is 9.90. The predicted octanol–water partition coefficient (Wildman–Crippen LogP) is 5.23. The summed E-state index contributed by atoms with van der Waals surface area (Å²) in [6.45, 7) is 2.61. The van der Waals surface area contributed by atoms with Gasteiger partial charge in [0.15, 0.2) is 0 Å². The van der Waals surface area contributed by atoms with Crippen molar-refractivity contribution in [1.29, 1.82) is 0 Å². The van der Waals surface area contributed by atoms with Crippen molar-refractivity contribution in [3.8, 4) is 17.4 Å². The Morgan fingerprint density at radius 1 is 1.16 bits per heavy atom. The fourth-order valence-corrected chi connectivity index (χ4v) is 5.56. The number of ether oxygens (including phenoxy) is 3. The molecule has 1 unspecified atom stereocenters. The molecular weight excluding hydrogens is 488 g/mol. The van der Waals surface area contributed by atoms with Gasteiger partial charge in [0.2, 0.25) is 11.4 Å². The molecule has 2 aromatic heterocycles. The molecule has 188 valence electrons. The van der Waals surface area contributed by atoms with E-state index in [9.17, 15) is 4.79 Å². The van der Waals surface area contributed by atoms with Gasteiger partial charge in [-0.2, -0.15) is 0 Å². The van der Waals surface area contributed by atoms with Crippen molar-refractivity contribution in [1.82, 2.24) is 9.97 Å². The van der Waals surface area contributed by atoms with Crippen molar-refractivity contribution in [2.75, 3.05) is 37.0 Å². The SMILES string of the molecule is COc1ccc(CNc2ccc3c(c2)Sc2cccc(C4CN(c5cc[nH]c(=O)c5)CCO4)c2O3)cn1. The summed E-state index contributed by atoms with van der Waals surface area (Å²) in [5.41, 5.74) is 3.88. The van der Waals surface area contributed by atoms with Crippen LogP contribution >= 0.6 is 11.8 Å². The zero-order valence-corrected chi connectivity index (χ0v) is 21.1. The summed E-state index contributed by atoms with van der Waals surface area (Å²) >= 11 is 1.69. The number of benzene rings is 2. The number of nitrogens with one attached hydrogen (secondary N) is 2. The van der Waals surface area contributed by atoms with E-state index in [-0.39, 0.29) is 11.7 Å². The lowest BCUT2D eigenvalue weighted by Gasteiger charge is -2.35. The Bertz CT molecular complexity index is 1470. The number of anilines is 2. The first-order valence-corrected chi connectivity index (χ1v) is 12.9. The van der Waals surface area contributed by atoms with E-state index in [0.29, 0.717) is 25.6 Å². The third kappa shape index (κ3) is 5.00. The van der Waals surface area contributed by atoms with Crippen LogP contribution < -0.4 is 25.2 Å². The number of morpholine rings is 1. The first-order valence-electron chi connectivity index (χ1n) is 12.1. The van der Waals surface area contributed by atoms with Gasteiger partial charge in [-0.1, -0.05) is 30.0 Å². The van der Waals surface area contributed by atoms with Crippen molar-refractivity contribution in [2.45, 2.75) is 22.4 Å². The number of H-pyrrole nitrogens is 1. The second kappa shape index (κ2) is 10.2. The maximum Gasteiger partial charge on any atom is 0.249 e. The highest BCUT2D eigenvalue weighted by Crippen LogP contribution is 2.50. The number of hydrogen-bond acceptors (Lipinski definition) is 8. The number of aromatic amines is 1. The van der Waals surface area contributed by atoms with Crippen LogP contribution in [0, 0.1) is 0 Å². The van der Waals surface area contributed by atoms with Crippen molar-refractivity contribution in [2.24, 2.45) is 0 Å². The zero-order valence-electron chi connectivity index (χ0n) is 20.3. The molecule has 4 aromatic rings. The third-order valence-corrected chi connectivity index (χ3v) is 7.51. The normalized spacial score (nSPS) is 16.4. The average Bonchev–Trinajstić information content (AvgIpc) is 2.95. The lowest BCUT2D eigenvalue weighted by Crippen LogP contribution is -2.39. The lowest BCUT2D eigenvalue weighted by atomic mass is 10.1. The number of pyridine rings is 2. The summed E-state index contributed by atoms with van der Waals surface area (Å²) in [5.74, 6) is 2.26. The Hall–Kier alpha value is -3.95. The largest absolute Gasteiger partial charge is 0.481 e. The minimum absolute atomic E-state index is 0.108. The van der Waals surface area contributed by atoms with Gasteiger partial charge in [-0.05, 0) is 35.9 Å². The van der Waals surface area contributed by atoms with E-state index in [0.717, 1.165) is 50.3 Å². The lowest BCUT2D eigenvalue weighted by molar-refractivity contribution is 0.0383. The fourth-order valence-electron chi connectivity index (χ4n) is 4.53. The van der Waals surface area contributed by atoms with Gasteiger partial charge < -0.3 is 29.4 Å². The summed E-state index contributed by atoms with van der Waals surface area (Å²) < 4.78 is 17.7. The Kier molecular flexibility index (Phi) is 6.46. The van der Waals surface area contributed by atoms with Gasteiger partial charge in [0.05, 0.1) is 23.5 Å². The molecule has 2 aromatic carbocycles. The number of rotatable bonds is 6. The molecule has 1 atom stereocenters. The topological polar surface area (TPSA) is 88.7 Å².